The van der Waals surface area contributed by atoms with Gasteiger partial charge in [0.15, 0.2) is 0 Å². The van der Waals surface area contributed by atoms with Crippen molar-refractivity contribution in [1.82, 2.24) is 4.90 Å². The van der Waals surface area contributed by atoms with E-state index in [0.717, 1.165) is 0 Å². The summed E-state index contributed by atoms with van der Waals surface area (Å²) in [7, 11) is 1.42. The number of halogens is 3. The highest BCUT2D eigenvalue weighted by atomic mass is 19.4. The van der Waals surface area contributed by atoms with Gasteiger partial charge in [-0.3, -0.25) is 4.79 Å². The molecular weight excluding hydrogens is 347 g/mol. The highest BCUT2D eigenvalue weighted by Gasteiger charge is 2.42. The monoisotopic (exact) mass is 365 g/mol. The molecule has 0 heterocycles. The normalized spacial score (nSPS) is 12.5. The third-order valence-corrected chi connectivity index (χ3v) is 4.02. The molecule has 1 amide bonds. The number of carbonyl (C=O) groups is 2. The van der Waals surface area contributed by atoms with Crippen LogP contribution in [0, 0.1) is 0 Å². The zero-order valence-electron chi connectivity index (χ0n) is 14.0. The van der Waals surface area contributed by atoms with Crippen LogP contribution >= 0.6 is 0 Å². The van der Waals surface area contributed by atoms with Gasteiger partial charge in [-0.2, -0.15) is 13.2 Å². The number of hydrogen-bond donors (Lipinski definition) is 1. The molecule has 0 bridgehead atoms. The largest absolute Gasteiger partial charge is 0.478 e. The number of carboxylic acid groups (broad SMARTS) is 1. The van der Waals surface area contributed by atoms with E-state index < -0.39 is 30.4 Å². The van der Waals surface area contributed by atoms with Gasteiger partial charge in [-0.25, -0.2) is 4.79 Å². The Hall–Kier alpha value is -2.83. The van der Waals surface area contributed by atoms with Crippen LogP contribution in [0.25, 0.3) is 0 Å². The molecule has 0 aromatic heterocycles. The van der Waals surface area contributed by atoms with Gasteiger partial charge in [-0.1, -0.05) is 42.5 Å². The quantitative estimate of drug-likeness (QED) is 0.839. The Labute approximate surface area is 148 Å². The van der Waals surface area contributed by atoms with Crippen molar-refractivity contribution in [3.63, 3.8) is 0 Å². The molecule has 0 saturated heterocycles. The fourth-order valence-corrected chi connectivity index (χ4v) is 2.55. The van der Waals surface area contributed by atoms with Crippen molar-refractivity contribution in [1.29, 1.82) is 0 Å². The summed E-state index contributed by atoms with van der Waals surface area (Å²) >= 11 is 0. The first-order chi connectivity index (χ1) is 12.2. The first-order valence-electron chi connectivity index (χ1n) is 7.86. The Morgan fingerprint density at radius 1 is 1.04 bits per heavy atom. The Balaban J connectivity index is 2.07. The predicted octanol–water partition coefficient (Wildman–Crippen LogP) is 4.08. The van der Waals surface area contributed by atoms with Crippen LogP contribution in [-0.4, -0.2) is 35.1 Å². The molecule has 26 heavy (non-hydrogen) atoms. The molecule has 0 spiro atoms. The molecule has 2 rings (SSSR count). The lowest BCUT2D eigenvalue weighted by atomic mass is 9.94. The summed E-state index contributed by atoms with van der Waals surface area (Å²) in [5.74, 6) is -3.58. The van der Waals surface area contributed by atoms with Crippen LogP contribution in [-0.2, 0) is 11.3 Å². The van der Waals surface area contributed by atoms with Gasteiger partial charge in [-0.05, 0) is 23.3 Å². The second-order valence-corrected chi connectivity index (χ2v) is 5.96. The van der Waals surface area contributed by atoms with Gasteiger partial charge >= 0.3 is 12.1 Å². The summed E-state index contributed by atoms with van der Waals surface area (Å²) in [6.07, 6.45) is -5.21. The van der Waals surface area contributed by atoms with Crippen molar-refractivity contribution in [2.75, 3.05) is 7.05 Å². The third kappa shape index (κ3) is 5.08. The van der Waals surface area contributed by atoms with Gasteiger partial charge in [0.2, 0.25) is 5.91 Å². The predicted molar refractivity (Wildman–Crippen MR) is 89.7 cm³/mol. The Bertz CT molecular complexity index is 758. The van der Waals surface area contributed by atoms with Gasteiger partial charge in [0.25, 0.3) is 0 Å². The molecule has 0 saturated carbocycles. The molecule has 138 valence electrons. The van der Waals surface area contributed by atoms with Gasteiger partial charge in [0.05, 0.1) is 11.5 Å². The van der Waals surface area contributed by atoms with Crippen LogP contribution in [0.5, 0.6) is 0 Å². The fraction of sp³-hybridized carbons (Fsp3) is 0.263. The average Bonchev–Trinajstić information content (AvgIpc) is 2.59. The van der Waals surface area contributed by atoms with E-state index in [1.165, 1.54) is 60.5 Å². The lowest BCUT2D eigenvalue weighted by molar-refractivity contribution is -0.160. The Morgan fingerprint density at radius 2 is 1.62 bits per heavy atom. The highest BCUT2D eigenvalue weighted by Crippen LogP contribution is 2.37. The first kappa shape index (κ1) is 19.5. The van der Waals surface area contributed by atoms with Crippen LogP contribution in [0.1, 0.15) is 33.8 Å². The minimum absolute atomic E-state index is 0.0487. The molecule has 0 aliphatic rings. The van der Waals surface area contributed by atoms with Crippen molar-refractivity contribution in [3.05, 3.63) is 71.3 Å². The van der Waals surface area contributed by atoms with Gasteiger partial charge in [-0.15, -0.1) is 0 Å². The molecule has 4 nitrogen and oxygen atoms in total. The maximum absolute atomic E-state index is 13.4. The van der Waals surface area contributed by atoms with E-state index >= 15 is 0 Å². The number of alkyl halides is 3. The lowest BCUT2D eigenvalue weighted by Crippen LogP contribution is -2.31. The number of carboxylic acids is 1. The fourth-order valence-electron chi connectivity index (χ4n) is 2.55. The number of hydrogen-bond acceptors (Lipinski definition) is 2. The maximum atomic E-state index is 13.4. The van der Waals surface area contributed by atoms with Crippen LogP contribution in [0.2, 0.25) is 0 Å². The molecule has 0 fully saturated rings. The van der Waals surface area contributed by atoms with E-state index in [-0.39, 0.29) is 17.7 Å². The number of amides is 1. The SMILES string of the molecule is CN(Cc1ccc(C(=O)O)cc1)C(=O)CC(c1ccccc1)C(F)(F)F. The second-order valence-electron chi connectivity index (χ2n) is 5.96. The van der Waals surface area contributed by atoms with E-state index in [4.69, 9.17) is 5.11 Å². The lowest BCUT2D eigenvalue weighted by Gasteiger charge is -2.24. The number of aromatic carboxylic acids is 1. The smallest absolute Gasteiger partial charge is 0.396 e. The Kier molecular flexibility index (Phi) is 6.02. The zero-order valence-corrected chi connectivity index (χ0v) is 14.0. The number of benzene rings is 2. The first-order valence-corrected chi connectivity index (χ1v) is 7.86. The van der Waals surface area contributed by atoms with Crippen LogP contribution in [0.15, 0.2) is 54.6 Å². The van der Waals surface area contributed by atoms with Crippen LogP contribution in [0.3, 0.4) is 0 Å². The van der Waals surface area contributed by atoms with Crippen molar-refractivity contribution in [2.45, 2.75) is 25.1 Å². The highest BCUT2D eigenvalue weighted by molar-refractivity contribution is 5.87. The van der Waals surface area contributed by atoms with Gasteiger partial charge < -0.3 is 10.0 Å². The van der Waals surface area contributed by atoms with E-state index in [9.17, 15) is 22.8 Å². The van der Waals surface area contributed by atoms with Gasteiger partial charge in [0, 0.05) is 20.0 Å². The third-order valence-electron chi connectivity index (χ3n) is 4.02. The molecular formula is C19H18F3NO3. The number of nitrogens with zero attached hydrogens (tertiary/aromatic N) is 1. The van der Waals surface area contributed by atoms with E-state index in [0.29, 0.717) is 5.56 Å². The molecule has 1 atom stereocenters. The standard InChI is InChI=1S/C19H18F3NO3/c1-23(12-13-7-9-15(10-8-13)18(25)26)17(24)11-16(19(20,21)22)14-5-3-2-4-6-14/h2-10,16H,11-12H2,1H3,(H,25,26). The molecule has 0 aliphatic heterocycles. The van der Waals surface area contributed by atoms with Crippen LogP contribution < -0.4 is 0 Å². The maximum Gasteiger partial charge on any atom is 0.396 e. The summed E-state index contributed by atoms with van der Waals surface area (Å²) in [6, 6.07) is 13.2. The summed E-state index contributed by atoms with van der Waals surface area (Å²) in [5.41, 5.74) is 0.783. The second kappa shape index (κ2) is 8.03. The average molecular weight is 365 g/mol. The molecule has 7 heteroatoms. The molecule has 1 unspecified atom stereocenters. The van der Waals surface area contributed by atoms with Crippen molar-refractivity contribution in [3.8, 4) is 0 Å². The topological polar surface area (TPSA) is 57.6 Å². The minimum Gasteiger partial charge on any atom is -0.478 e. The van der Waals surface area contributed by atoms with Crippen molar-refractivity contribution < 1.29 is 27.9 Å². The van der Waals surface area contributed by atoms with E-state index in [1.807, 2.05) is 0 Å². The van der Waals surface area contributed by atoms with Crippen molar-refractivity contribution >= 4 is 11.9 Å². The Morgan fingerprint density at radius 3 is 2.12 bits per heavy atom. The number of carbonyl (C=O) groups excluding carboxylic acids is 1. The minimum atomic E-state index is -4.53. The summed E-state index contributed by atoms with van der Waals surface area (Å²) < 4.78 is 40.1. The molecule has 0 radical (unpaired) electrons. The molecule has 0 aliphatic carbocycles. The van der Waals surface area contributed by atoms with E-state index in [2.05, 4.69) is 0 Å². The van der Waals surface area contributed by atoms with Gasteiger partial charge in [0.1, 0.15) is 0 Å². The zero-order chi connectivity index (χ0) is 19.3. The van der Waals surface area contributed by atoms with Crippen LogP contribution in [0.4, 0.5) is 13.2 Å². The summed E-state index contributed by atoms with van der Waals surface area (Å²) in [6.45, 7) is 0.0953. The summed E-state index contributed by atoms with van der Waals surface area (Å²) in [4.78, 5) is 24.3. The van der Waals surface area contributed by atoms with Crippen molar-refractivity contribution in [2.24, 2.45) is 0 Å². The molecule has 1 N–H and O–H groups in total. The molecule has 2 aromatic rings. The molecule has 2 aromatic carbocycles. The van der Waals surface area contributed by atoms with E-state index in [1.54, 1.807) is 6.07 Å². The summed E-state index contributed by atoms with van der Waals surface area (Å²) in [5, 5.41) is 8.86. The number of rotatable bonds is 6.